The van der Waals surface area contributed by atoms with Crippen LogP contribution in [0.3, 0.4) is 0 Å². The number of benzene rings is 3. The zero-order valence-corrected chi connectivity index (χ0v) is 15.1. The maximum absolute atomic E-state index is 12.3. The Labute approximate surface area is 158 Å². The van der Waals surface area contributed by atoms with Gasteiger partial charge in [-0.3, -0.25) is 4.79 Å². The van der Waals surface area contributed by atoms with E-state index in [0.29, 0.717) is 12.2 Å². The van der Waals surface area contributed by atoms with Crippen LogP contribution < -0.4 is 4.74 Å². The predicted molar refractivity (Wildman–Crippen MR) is 104 cm³/mol. The number of aromatic hydroxyl groups is 2. The van der Waals surface area contributed by atoms with E-state index in [-0.39, 0.29) is 23.9 Å². The first-order valence-electron chi connectivity index (χ1n) is 8.82. The van der Waals surface area contributed by atoms with Gasteiger partial charge in [-0.15, -0.1) is 0 Å². The first kappa shape index (κ1) is 18.5. The van der Waals surface area contributed by atoms with Gasteiger partial charge in [0.2, 0.25) is 0 Å². The van der Waals surface area contributed by atoms with Crippen molar-refractivity contribution >= 4 is 5.97 Å². The molecule has 27 heavy (non-hydrogen) atoms. The number of esters is 1. The summed E-state index contributed by atoms with van der Waals surface area (Å²) in [7, 11) is 0. The molecule has 3 aromatic rings. The van der Waals surface area contributed by atoms with Crippen LogP contribution in [0.25, 0.3) is 0 Å². The van der Waals surface area contributed by atoms with Gasteiger partial charge < -0.3 is 14.9 Å². The van der Waals surface area contributed by atoms with E-state index in [1.54, 1.807) is 36.4 Å². The van der Waals surface area contributed by atoms with Crippen molar-refractivity contribution in [1.29, 1.82) is 0 Å². The largest absolute Gasteiger partial charge is 0.508 e. The van der Waals surface area contributed by atoms with Crippen LogP contribution in [0.5, 0.6) is 17.2 Å². The minimum atomic E-state index is -0.475. The third-order valence-electron chi connectivity index (χ3n) is 4.81. The average Bonchev–Trinajstić information content (AvgIpc) is 2.68. The fourth-order valence-electron chi connectivity index (χ4n) is 3.14. The number of hydrogen-bond donors (Lipinski definition) is 2. The monoisotopic (exact) mass is 362 g/mol. The molecule has 0 bridgehead atoms. The van der Waals surface area contributed by atoms with E-state index in [0.717, 1.165) is 11.1 Å². The van der Waals surface area contributed by atoms with Crippen molar-refractivity contribution in [2.45, 2.75) is 25.2 Å². The quantitative estimate of drug-likeness (QED) is 0.489. The van der Waals surface area contributed by atoms with Crippen LogP contribution in [-0.4, -0.2) is 16.2 Å². The van der Waals surface area contributed by atoms with Gasteiger partial charge in [0.25, 0.3) is 0 Å². The topological polar surface area (TPSA) is 66.8 Å². The summed E-state index contributed by atoms with van der Waals surface area (Å²) in [6, 6.07) is 22.9. The highest BCUT2D eigenvalue weighted by atomic mass is 16.5. The molecule has 0 unspecified atom stereocenters. The van der Waals surface area contributed by atoms with Crippen molar-refractivity contribution in [2.24, 2.45) is 0 Å². The van der Waals surface area contributed by atoms with Crippen LogP contribution in [0, 0.1) is 0 Å². The predicted octanol–water partition coefficient (Wildman–Crippen LogP) is 4.79. The van der Waals surface area contributed by atoms with Crippen molar-refractivity contribution in [3.8, 4) is 17.2 Å². The number of carbonyl (C=O) groups excluding carboxylic acids is 1. The van der Waals surface area contributed by atoms with Crippen molar-refractivity contribution in [3.05, 3.63) is 90.0 Å². The van der Waals surface area contributed by atoms with Crippen molar-refractivity contribution in [1.82, 2.24) is 0 Å². The highest BCUT2D eigenvalue weighted by molar-refractivity contribution is 5.72. The Bertz CT molecular complexity index is 838. The molecule has 0 saturated carbocycles. The average molecular weight is 362 g/mol. The van der Waals surface area contributed by atoms with Crippen LogP contribution in [0.2, 0.25) is 0 Å². The Kier molecular flexibility index (Phi) is 5.46. The van der Waals surface area contributed by atoms with E-state index in [9.17, 15) is 15.0 Å². The first-order valence-corrected chi connectivity index (χ1v) is 8.82. The number of phenolic OH excluding ortho intramolecular Hbond substituents is 2. The molecule has 0 aliphatic rings. The van der Waals surface area contributed by atoms with Gasteiger partial charge in [0.1, 0.15) is 17.2 Å². The van der Waals surface area contributed by atoms with E-state index >= 15 is 0 Å². The summed E-state index contributed by atoms with van der Waals surface area (Å²) in [5, 5.41) is 19.2. The van der Waals surface area contributed by atoms with Crippen LogP contribution in [-0.2, 0) is 10.2 Å². The smallest absolute Gasteiger partial charge is 0.311 e. The molecule has 3 rings (SSSR count). The molecule has 138 valence electrons. The zero-order chi connectivity index (χ0) is 19.3. The Morgan fingerprint density at radius 2 is 1.30 bits per heavy atom. The molecule has 0 heterocycles. The highest BCUT2D eigenvalue weighted by Crippen LogP contribution is 2.37. The first-order chi connectivity index (χ1) is 13.0. The molecular formula is C23H22O4. The van der Waals surface area contributed by atoms with Gasteiger partial charge in [-0.2, -0.15) is 0 Å². The number of ether oxygens (including phenoxy) is 1. The molecule has 3 aromatic carbocycles. The van der Waals surface area contributed by atoms with E-state index < -0.39 is 5.41 Å². The molecular weight excluding hydrogens is 340 g/mol. The lowest BCUT2D eigenvalue weighted by atomic mass is 9.73. The Morgan fingerprint density at radius 3 is 1.78 bits per heavy atom. The molecule has 0 amide bonds. The number of rotatable bonds is 6. The summed E-state index contributed by atoms with van der Waals surface area (Å²) in [5.41, 5.74) is 1.47. The second kappa shape index (κ2) is 7.96. The van der Waals surface area contributed by atoms with E-state index in [2.05, 4.69) is 0 Å². The Balaban J connectivity index is 1.82. The summed E-state index contributed by atoms with van der Waals surface area (Å²) in [6.07, 6.45) is 0.751. The molecule has 4 heteroatoms. The molecule has 0 aromatic heterocycles. The van der Waals surface area contributed by atoms with E-state index in [1.807, 2.05) is 49.4 Å². The molecule has 2 N–H and O–H groups in total. The lowest BCUT2D eigenvalue weighted by Crippen LogP contribution is -2.25. The number of para-hydroxylation sites is 1. The maximum atomic E-state index is 12.3. The van der Waals surface area contributed by atoms with E-state index in [4.69, 9.17) is 4.74 Å². The summed E-state index contributed by atoms with van der Waals surface area (Å²) in [4.78, 5) is 12.3. The van der Waals surface area contributed by atoms with Crippen LogP contribution in [0.1, 0.15) is 30.9 Å². The maximum Gasteiger partial charge on any atom is 0.311 e. The van der Waals surface area contributed by atoms with Crippen LogP contribution >= 0.6 is 0 Å². The fraction of sp³-hybridized carbons (Fsp3) is 0.174. The van der Waals surface area contributed by atoms with Crippen molar-refractivity contribution in [2.75, 3.05) is 0 Å². The zero-order valence-electron chi connectivity index (χ0n) is 15.1. The van der Waals surface area contributed by atoms with Gasteiger partial charge in [-0.1, -0.05) is 49.4 Å². The summed E-state index contributed by atoms with van der Waals surface area (Å²) in [6.45, 7) is 2.04. The van der Waals surface area contributed by atoms with E-state index in [1.165, 1.54) is 0 Å². The van der Waals surface area contributed by atoms with Gasteiger partial charge in [-0.25, -0.2) is 0 Å². The minimum Gasteiger partial charge on any atom is -0.508 e. The molecule has 0 fully saturated rings. The summed E-state index contributed by atoms with van der Waals surface area (Å²) < 4.78 is 5.40. The molecule has 0 atom stereocenters. The SMILES string of the molecule is CC(CCC(=O)Oc1ccccc1)(c1ccc(O)cc1)c1ccc(O)cc1. The number of hydrogen-bond acceptors (Lipinski definition) is 4. The Morgan fingerprint density at radius 1 is 0.815 bits per heavy atom. The summed E-state index contributed by atoms with van der Waals surface area (Å²) >= 11 is 0. The van der Waals surface area contributed by atoms with Crippen LogP contribution in [0.15, 0.2) is 78.9 Å². The molecule has 0 spiro atoms. The second-order valence-electron chi connectivity index (χ2n) is 6.71. The van der Waals surface area contributed by atoms with Gasteiger partial charge in [-0.05, 0) is 53.9 Å². The van der Waals surface area contributed by atoms with Gasteiger partial charge in [0.15, 0.2) is 0 Å². The third kappa shape index (κ3) is 4.47. The fourth-order valence-corrected chi connectivity index (χ4v) is 3.14. The summed E-state index contributed by atoms with van der Waals surface area (Å²) in [5.74, 6) is 0.606. The number of phenols is 2. The molecule has 0 aliphatic carbocycles. The molecule has 0 aliphatic heterocycles. The third-order valence-corrected chi connectivity index (χ3v) is 4.81. The lowest BCUT2D eigenvalue weighted by Gasteiger charge is -2.31. The van der Waals surface area contributed by atoms with Gasteiger partial charge in [0, 0.05) is 11.8 Å². The molecule has 0 saturated heterocycles. The second-order valence-corrected chi connectivity index (χ2v) is 6.71. The Hall–Kier alpha value is -3.27. The molecule has 4 nitrogen and oxygen atoms in total. The van der Waals surface area contributed by atoms with Gasteiger partial charge in [0.05, 0.1) is 0 Å². The van der Waals surface area contributed by atoms with Crippen molar-refractivity contribution < 1.29 is 19.7 Å². The standard InChI is InChI=1S/C23H22O4/c1-23(17-7-11-19(24)12-8-17,18-9-13-20(25)14-10-18)16-15-22(26)27-21-5-3-2-4-6-21/h2-14,24-25H,15-16H2,1H3. The van der Waals surface area contributed by atoms with Crippen LogP contribution in [0.4, 0.5) is 0 Å². The lowest BCUT2D eigenvalue weighted by molar-refractivity contribution is -0.134. The van der Waals surface area contributed by atoms with Crippen molar-refractivity contribution in [3.63, 3.8) is 0 Å². The van der Waals surface area contributed by atoms with Gasteiger partial charge >= 0.3 is 5.97 Å². The minimum absolute atomic E-state index is 0.190. The normalized spacial score (nSPS) is 11.1. The molecule has 0 radical (unpaired) electrons. The number of carbonyl (C=O) groups is 1. The highest BCUT2D eigenvalue weighted by Gasteiger charge is 2.30.